The number of aryl methyl sites for hydroxylation is 2. The number of nitro groups is 1. The van der Waals surface area contributed by atoms with Crippen LogP contribution in [0.15, 0.2) is 29.4 Å². The molecule has 9 nitrogen and oxygen atoms in total. The lowest BCUT2D eigenvalue weighted by Gasteiger charge is -2.12. The summed E-state index contributed by atoms with van der Waals surface area (Å²) >= 11 is 1.45. The van der Waals surface area contributed by atoms with E-state index in [4.69, 9.17) is 4.74 Å². The topological polar surface area (TPSA) is 119 Å². The molecule has 2 N–H and O–H groups in total. The van der Waals surface area contributed by atoms with E-state index >= 15 is 0 Å². The van der Waals surface area contributed by atoms with Crippen LogP contribution in [0.2, 0.25) is 0 Å². The highest BCUT2D eigenvalue weighted by Gasteiger charge is 2.25. The minimum atomic E-state index is -0.815. The fourth-order valence-electron chi connectivity index (χ4n) is 2.11. The van der Waals surface area contributed by atoms with Gasteiger partial charge in [0.15, 0.2) is 0 Å². The van der Waals surface area contributed by atoms with Gasteiger partial charge in [-0.15, -0.1) is 16.4 Å². The molecule has 0 saturated carbocycles. The average Bonchev–Trinajstić information content (AvgIpc) is 3.13. The van der Waals surface area contributed by atoms with Crippen LogP contribution in [0.1, 0.15) is 25.9 Å². The highest BCUT2D eigenvalue weighted by atomic mass is 32.1. The molecule has 10 heteroatoms. The largest absolute Gasteiger partial charge is 0.431 e. The van der Waals surface area contributed by atoms with Crippen molar-refractivity contribution in [2.75, 3.05) is 0 Å². The van der Waals surface area contributed by atoms with Crippen LogP contribution in [0.25, 0.3) is 0 Å². The predicted molar refractivity (Wildman–Crippen MR) is 86.7 cm³/mol. The summed E-state index contributed by atoms with van der Waals surface area (Å²) in [7, 11) is 0. The van der Waals surface area contributed by atoms with Gasteiger partial charge in [0.25, 0.3) is 23.8 Å². The number of non-ortho nitro benzene ring substituents is 1. The third-order valence-electron chi connectivity index (χ3n) is 3.21. The van der Waals surface area contributed by atoms with Crippen LogP contribution < -0.4 is 10.7 Å². The molecule has 124 valence electrons. The summed E-state index contributed by atoms with van der Waals surface area (Å²) in [6.45, 7) is 3.74. The van der Waals surface area contributed by atoms with Gasteiger partial charge >= 0.3 is 0 Å². The summed E-state index contributed by atoms with van der Waals surface area (Å²) < 4.78 is 5.56. The number of amides is 1. The van der Waals surface area contributed by atoms with Crippen LogP contribution in [-0.2, 0) is 4.74 Å². The van der Waals surface area contributed by atoms with Gasteiger partial charge in [-0.25, -0.2) is 4.98 Å². The van der Waals surface area contributed by atoms with Crippen molar-refractivity contribution >= 4 is 28.8 Å². The van der Waals surface area contributed by atoms with E-state index in [2.05, 4.69) is 20.8 Å². The molecule has 0 aliphatic carbocycles. The maximum atomic E-state index is 12.1. The second-order valence-corrected chi connectivity index (χ2v) is 6.17. The third-order valence-corrected chi connectivity index (χ3v) is 4.27. The second kappa shape index (κ2) is 6.24. The molecule has 0 saturated heterocycles. The van der Waals surface area contributed by atoms with Crippen LogP contribution in [-0.4, -0.2) is 28.1 Å². The summed E-state index contributed by atoms with van der Waals surface area (Å²) in [6, 6.07) is 5.29. The van der Waals surface area contributed by atoms with Gasteiger partial charge in [0, 0.05) is 17.7 Å². The Hall–Kier alpha value is -3.01. The lowest BCUT2D eigenvalue weighted by atomic mass is 10.2. The first kappa shape index (κ1) is 15.9. The second-order valence-electron chi connectivity index (χ2n) is 4.97. The minimum Gasteiger partial charge on any atom is -0.431 e. The summed E-state index contributed by atoms with van der Waals surface area (Å²) in [5, 5.41) is 18.2. The average molecular weight is 347 g/mol. The van der Waals surface area contributed by atoms with Crippen LogP contribution >= 0.6 is 11.3 Å². The number of hydrogen-bond acceptors (Lipinski definition) is 8. The van der Waals surface area contributed by atoms with Crippen molar-refractivity contribution in [1.82, 2.24) is 15.7 Å². The number of carbonyl (C=O) groups excluding carboxylic acids is 1. The summed E-state index contributed by atoms with van der Waals surface area (Å²) in [5.74, 6) is -0.0665. The van der Waals surface area contributed by atoms with Crippen molar-refractivity contribution in [3.05, 3.63) is 55.5 Å². The van der Waals surface area contributed by atoms with E-state index in [1.807, 2.05) is 13.8 Å². The number of nitrogens with zero attached hydrogens (tertiary/aromatic N) is 3. The Labute approximate surface area is 140 Å². The number of benzene rings is 1. The zero-order valence-electron chi connectivity index (χ0n) is 12.8. The Morgan fingerprint density at radius 1 is 1.38 bits per heavy atom. The zero-order valence-corrected chi connectivity index (χ0v) is 13.6. The van der Waals surface area contributed by atoms with Gasteiger partial charge in [0.05, 0.1) is 15.6 Å². The molecule has 24 heavy (non-hydrogen) atoms. The number of carbonyl (C=O) groups is 1. The first-order valence-electron chi connectivity index (χ1n) is 6.93. The van der Waals surface area contributed by atoms with Crippen LogP contribution in [0.5, 0.6) is 0 Å². The van der Waals surface area contributed by atoms with E-state index in [0.717, 1.165) is 15.6 Å². The molecule has 0 unspecified atom stereocenters. The molecule has 1 aliphatic heterocycles. The molecule has 0 fully saturated rings. The molecule has 0 spiro atoms. The number of nitro benzene ring substituents is 1. The van der Waals surface area contributed by atoms with Gasteiger partial charge < -0.3 is 4.74 Å². The number of thiazole rings is 1. The van der Waals surface area contributed by atoms with E-state index in [1.165, 1.54) is 35.6 Å². The Kier molecular flexibility index (Phi) is 4.13. The lowest BCUT2D eigenvalue weighted by molar-refractivity contribution is -0.384. The molecular weight excluding hydrogens is 334 g/mol. The molecule has 1 amide bonds. The predicted octanol–water partition coefficient (Wildman–Crippen LogP) is 1.66. The fraction of sp³-hybridized carbons (Fsp3) is 0.214. The van der Waals surface area contributed by atoms with Crippen molar-refractivity contribution in [3.8, 4) is 0 Å². The Morgan fingerprint density at radius 3 is 2.67 bits per heavy atom. The number of nitrogens with one attached hydrogen (secondary N) is 2. The molecule has 0 bridgehead atoms. The Bertz CT molecular complexity index is 830. The molecule has 0 radical (unpaired) electrons. The monoisotopic (exact) mass is 347 g/mol. The maximum absolute atomic E-state index is 12.1. The highest BCUT2D eigenvalue weighted by Crippen LogP contribution is 2.20. The normalized spacial score (nSPS) is 16.1. The van der Waals surface area contributed by atoms with Gasteiger partial charge in [0.1, 0.15) is 4.88 Å². The van der Waals surface area contributed by atoms with Crippen LogP contribution in [0, 0.1) is 24.0 Å². The molecular formula is C14H13N5O4S. The highest BCUT2D eigenvalue weighted by molar-refractivity contribution is 7.13. The van der Waals surface area contributed by atoms with E-state index in [0.29, 0.717) is 5.90 Å². The van der Waals surface area contributed by atoms with Crippen molar-refractivity contribution in [2.45, 2.75) is 20.2 Å². The summed E-state index contributed by atoms with van der Waals surface area (Å²) in [4.78, 5) is 27.3. The summed E-state index contributed by atoms with van der Waals surface area (Å²) in [6.07, 6.45) is -0.815. The Morgan fingerprint density at radius 2 is 2.08 bits per heavy atom. The maximum Gasteiger partial charge on any atom is 0.269 e. The van der Waals surface area contributed by atoms with E-state index in [9.17, 15) is 14.9 Å². The van der Waals surface area contributed by atoms with E-state index in [1.54, 1.807) is 0 Å². The molecule has 1 atom stereocenters. The fourth-order valence-corrected chi connectivity index (χ4v) is 2.97. The number of aromatic nitrogens is 1. The summed E-state index contributed by atoms with van der Waals surface area (Å²) in [5.41, 5.74) is 3.68. The van der Waals surface area contributed by atoms with E-state index < -0.39 is 17.2 Å². The number of hydrogen-bond donors (Lipinski definition) is 2. The van der Waals surface area contributed by atoms with E-state index in [-0.39, 0.29) is 11.3 Å². The van der Waals surface area contributed by atoms with Gasteiger partial charge in [-0.05, 0) is 26.0 Å². The molecule has 3 rings (SSSR count). The molecule has 2 heterocycles. The number of rotatable bonds is 4. The van der Waals surface area contributed by atoms with Crippen molar-refractivity contribution in [2.24, 2.45) is 5.10 Å². The first-order chi connectivity index (χ1) is 11.4. The van der Waals surface area contributed by atoms with Gasteiger partial charge in [-0.3, -0.25) is 25.7 Å². The zero-order chi connectivity index (χ0) is 17.3. The van der Waals surface area contributed by atoms with Crippen molar-refractivity contribution < 1.29 is 14.5 Å². The van der Waals surface area contributed by atoms with Crippen LogP contribution in [0.3, 0.4) is 0 Å². The lowest BCUT2D eigenvalue weighted by Crippen LogP contribution is -2.42. The minimum absolute atomic E-state index is 0.0801. The van der Waals surface area contributed by atoms with Crippen molar-refractivity contribution in [3.63, 3.8) is 0 Å². The number of ether oxygens (including phenoxy) is 1. The van der Waals surface area contributed by atoms with Gasteiger partial charge in [0.2, 0.25) is 0 Å². The number of hydrazone groups is 1. The van der Waals surface area contributed by atoms with Gasteiger partial charge in [-0.1, -0.05) is 0 Å². The molecule has 2 aromatic rings. The molecule has 1 aromatic carbocycles. The van der Waals surface area contributed by atoms with Gasteiger partial charge in [-0.2, -0.15) is 0 Å². The van der Waals surface area contributed by atoms with Crippen molar-refractivity contribution in [1.29, 1.82) is 0 Å². The SMILES string of the molecule is Cc1nc(C)c(C2=NN[C@@H](NC(=O)c3ccc([N+](=O)[O-])cc3)O2)s1. The standard InChI is InChI=1S/C14H13N5O4S/c1-7-11(24-8(2)15-7)13-17-18-14(23-13)16-12(20)9-3-5-10(6-4-9)19(21)22/h3-6,14,18H,1-2H3,(H,16,20)/t14-/m1/s1. The Balaban J connectivity index is 1.62. The first-order valence-corrected chi connectivity index (χ1v) is 7.75. The third kappa shape index (κ3) is 3.18. The smallest absolute Gasteiger partial charge is 0.269 e. The quantitative estimate of drug-likeness (QED) is 0.641. The molecule has 1 aliphatic rings. The molecule has 1 aromatic heterocycles. The van der Waals surface area contributed by atoms with Crippen LogP contribution in [0.4, 0.5) is 5.69 Å².